The van der Waals surface area contributed by atoms with E-state index in [2.05, 4.69) is 9.88 Å². The Bertz CT molecular complexity index is 658. The molecule has 0 saturated heterocycles. The van der Waals surface area contributed by atoms with E-state index in [0.29, 0.717) is 11.9 Å². The van der Waals surface area contributed by atoms with Crippen molar-refractivity contribution in [2.75, 3.05) is 6.54 Å². The molecule has 3 rings (SSSR count). The van der Waals surface area contributed by atoms with Gasteiger partial charge in [-0.05, 0) is 18.2 Å². The average molecular weight is 230 g/mol. The van der Waals surface area contributed by atoms with Gasteiger partial charge in [-0.15, -0.1) is 0 Å². The van der Waals surface area contributed by atoms with Gasteiger partial charge in [-0.3, -0.25) is 4.79 Å². The topological polar surface area (TPSA) is 54.3 Å². The molecule has 0 radical (unpaired) electrons. The van der Waals surface area contributed by atoms with E-state index in [9.17, 15) is 9.90 Å². The zero-order chi connectivity index (χ0) is 12.0. The molecule has 0 atom stereocenters. The molecule has 1 aromatic carbocycles. The Kier molecular flexibility index (Phi) is 2.19. The van der Waals surface area contributed by atoms with Crippen LogP contribution in [0.15, 0.2) is 23.0 Å². The fraction of sp³-hybridized carbons (Fsp3) is 0.308. The third-order valence-corrected chi connectivity index (χ3v) is 3.45. The molecule has 4 heteroatoms. The Balaban J connectivity index is 2.47. The fourth-order valence-electron chi connectivity index (χ4n) is 2.56. The molecule has 1 aromatic heterocycles. The van der Waals surface area contributed by atoms with Crippen LogP contribution in [0.3, 0.4) is 0 Å². The number of nitrogens with zero attached hydrogens (tertiary/aromatic N) is 1. The number of pyridine rings is 1. The van der Waals surface area contributed by atoms with Gasteiger partial charge in [0.15, 0.2) is 5.43 Å². The van der Waals surface area contributed by atoms with Crippen molar-refractivity contribution in [2.24, 2.45) is 7.05 Å². The third-order valence-electron chi connectivity index (χ3n) is 3.45. The van der Waals surface area contributed by atoms with Gasteiger partial charge in [0.2, 0.25) is 0 Å². The van der Waals surface area contributed by atoms with Gasteiger partial charge in [-0.1, -0.05) is 0 Å². The Morgan fingerprint density at radius 3 is 3.06 bits per heavy atom. The summed E-state index contributed by atoms with van der Waals surface area (Å²) in [6, 6.07) is 4.97. The van der Waals surface area contributed by atoms with E-state index in [1.807, 2.05) is 7.05 Å². The minimum Gasteiger partial charge on any atom is -0.508 e. The molecule has 2 heterocycles. The highest BCUT2D eigenvalue weighted by Crippen LogP contribution is 2.21. The summed E-state index contributed by atoms with van der Waals surface area (Å²) in [5.41, 5.74) is 2.86. The molecule has 0 unspecified atom stereocenters. The molecule has 0 fully saturated rings. The number of nitrogens with one attached hydrogen (secondary N) is 1. The number of hydrogen-bond acceptors (Lipinski definition) is 3. The number of aromatic nitrogens is 1. The highest BCUT2D eigenvalue weighted by Gasteiger charge is 2.17. The number of hydrogen-bond donors (Lipinski definition) is 2. The summed E-state index contributed by atoms with van der Waals surface area (Å²) in [5.74, 6) is 0.137. The number of benzene rings is 1. The molecule has 2 aromatic rings. The smallest absolute Gasteiger partial charge is 0.194 e. The van der Waals surface area contributed by atoms with Crippen LogP contribution in [0.25, 0.3) is 10.9 Å². The van der Waals surface area contributed by atoms with E-state index in [1.54, 1.807) is 18.2 Å². The first kappa shape index (κ1) is 10.4. The molecule has 0 amide bonds. The summed E-state index contributed by atoms with van der Waals surface area (Å²) in [7, 11) is 1.98. The van der Waals surface area contributed by atoms with E-state index in [1.165, 1.54) is 0 Å². The Labute approximate surface area is 98.5 Å². The van der Waals surface area contributed by atoms with Crippen molar-refractivity contribution < 1.29 is 5.11 Å². The number of phenols is 1. The SMILES string of the molecule is Cn1c2c(c(=O)c3cc(O)ccc31)CNCC2. The molecule has 0 aliphatic carbocycles. The van der Waals surface area contributed by atoms with Gasteiger partial charge in [0.1, 0.15) is 5.75 Å². The monoisotopic (exact) mass is 230 g/mol. The molecular formula is C13H14N2O2. The molecule has 1 aliphatic rings. The molecular weight excluding hydrogens is 216 g/mol. The van der Waals surface area contributed by atoms with Crippen molar-refractivity contribution >= 4 is 10.9 Å². The minimum absolute atomic E-state index is 0.0381. The summed E-state index contributed by atoms with van der Waals surface area (Å²) in [5, 5.41) is 13.3. The van der Waals surface area contributed by atoms with Crippen LogP contribution < -0.4 is 10.7 Å². The third kappa shape index (κ3) is 1.45. The van der Waals surface area contributed by atoms with Crippen LogP contribution in [0.4, 0.5) is 0 Å². The largest absolute Gasteiger partial charge is 0.508 e. The van der Waals surface area contributed by atoms with Crippen LogP contribution in [0.1, 0.15) is 11.3 Å². The summed E-state index contributed by atoms with van der Waals surface area (Å²) in [4.78, 5) is 12.3. The molecule has 4 nitrogen and oxygen atoms in total. The standard InChI is InChI=1S/C13H14N2O2/c1-15-11-3-2-8(16)6-9(11)13(17)10-7-14-5-4-12(10)15/h2-3,6,14,16H,4-5,7H2,1H3. The molecule has 0 saturated carbocycles. The van der Waals surface area contributed by atoms with Crippen molar-refractivity contribution in [3.05, 3.63) is 39.7 Å². The zero-order valence-corrected chi connectivity index (χ0v) is 9.66. The second-order valence-corrected chi connectivity index (χ2v) is 4.44. The number of aryl methyl sites for hydroxylation is 1. The maximum absolute atomic E-state index is 12.3. The Morgan fingerprint density at radius 1 is 1.41 bits per heavy atom. The molecule has 0 bridgehead atoms. The average Bonchev–Trinajstić information content (AvgIpc) is 2.36. The summed E-state index contributed by atoms with van der Waals surface area (Å²) >= 11 is 0. The summed E-state index contributed by atoms with van der Waals surface area (Å²) in [6.45, 7) is 1.53. The van der Waals surface area contributed by atoms with E-state index < -0.39 is 0 Å². The van der Waals surface area contributed by atoms with Crippen LogP contribution >= 0.6 is 0 Å². The Morgan fingerprint density at radius 2 is 2.24 bits per heavy atom. The van der Waals surface area contributed by atoms with Crippen molar-refractivity contribution in [2.45, 2.75) is 13.0 Å². The lowest BCUT2D eigenvalue weighted by Crippen LogP contribution is -2.32. The number of aromatic hydroxyl groups is 1. The van der Waals surface area contributed by atoms with E-state index in [-0.39, 0.29) is 11.2 Å². The molecule has 88 valence electrons. The maximum atomic E-state index is 12.3. The first-order valence-electron chi connectivity index (χ1n) is 5.72. The van der Waals surface area contributed by atoms with Crippen LogP contribution in [0.2, 0.25) is 0 Å². The number of rotatable bonds is 0. The van der Waals surface area contributed by atoms with Crippen molar-refractivity contribution in [1.29, 1.82) is 0 Å². The van der Waals surface area contributed by atoms with Crippen LogP contribution in [0, 0.1) is 0 Å². The van der Waals surface area contributed by atoms with Crippen LogP contribution in [-0.4, -0.2) is 16.2 Å². The van der Waals surface area contributed by atoms with Crippen molar-refractivity contribution in [3.8, 4) is 5.75 Å². The fourth-order valence-corrected chi connectivity index (χ4v) is 2.56. The van der Waals surface area contributed by atoms with E-state index in [4.69, 9.17) is 0 Å². The molecule has 2 N–H and O–H groups in total. The lowest BCUT2D eigenvalue weighted by Gasteiger charge is -2.21. The highest BCUT2D eigenvalue weighted by atomic mass is 16.3. The maximum Gasteiger partial charge on any atom is 0.194 e. The van der Waals surface area contributed by atoms with E-state index >= 15 is 0 Å². The second kappa shape index (κ2) is 3.60. The van der Waals surface area contributed by atoms with Gasteiger partial charge in [-0.2, -0.15) is 0 Å². The van der Waals surface area contributed by atoms with Gasteiger partial charge in [0.05, 0.1) is 5.52 Å². The minimum atomic E-state index is 0.0381. The van der Waals surface area contributed by atoms with Gasteiger partial charge in [0, 0.05) is 43.2 Å². The lowest BCUT2D eigenvalue weighted by molar-refractivity contribution is 0.476. The van der Waals surface area contributed by atoms with Crippen LogP contribution in [-0.2, 0) is 20.0 Å². The first-order chi connectivity index (χ1) is 8.18. The molecule has 17 heavy (non-hydrogen) atoms. The predicted molar refractivity (Wildman–Crippen MR) is 66.3 cm³/mol. The quantitative estimate of drug-likeness (QED) is 0.706. The highest BCUT2D eigenvalue weighted by molar-refractivity contribution is 5.81. The zero-order valence-electron chi connectivity index (χ0n) is 9.66. The van der Waals surface area contributed by atoms with Crippen molar-refractivity contribution in [3.63, 3.8) is 0 Å². The first-order valence-corrected chi connectivity index (χ1v) is 5.72. The summed E-state index contributed by atoms with van der Waals surface area (Å²) in [6.07, 6.45) is 0.873. The predicted octanol–water partition coefficient (Wildman–Crippen LogP) is 0.890. The normalized spacial score (nSPS) is 14.9. The van der Waals surface area contributed by atoms with Crippen molar-refractivity contribution in [1.82, 2.24) is 9.88 Å². The van der Waals surface area contributed by atoms with Gasteiger partial charge in [0.25, 0.3) is 0 Å². The van der Waals surface area contributed by atoms with Gasteiger partial charge >= 0.3 is 0 Å². The van der Waals surface area contributed by atoms with Gasteiger partial charge in [-0.25, -0.2) is 0 Å². The number of phenolic OH excluding ortho intramolecular Hbond substituents is 1. The molecule has 0 spiro atoms. The Hall–Kier alpha value is -1.81. The molecule has 1 aliphatic heterocycles. The summed E-state index contributed by atoms with van der Waals surface area (Å²) < 4.78 is 2.06. The second-order valence-electron chi connectivity index (χ2n) is 4.44. The lowest BCUT2D eigenvalue weighted by atomic mass is 10.0. The number of fused-ring (bicyclic) bond motifs is 2. The van der Waals surface area contributed by atoms with Crippen LogP contribution in [0.5, 0.6) is 5.75 Å². The van der Waals surface area contributed by atoms with E-state index in [0.717, 1.165) is 29.7 Å². The van der Waals surface area contributed by atoms with Gasteiger partial charge < -0.3 is 15.0 Å².